The Balaban J connectivity index is 2.08. The van der Waals surface area contributed by atoms with E-state index >= 15 is 0 Å². The second-order valence-corrected chi connectivity index (χ2v) is 4.88. The van der Waals surface area contributed by atoms with Crippen LogP contribution < -0.4 is 5.32 Å². The van der Waals surface area contributed by atoms with E-state index < -0.39 is 17.9 Å². The van der Waals surface area contributed by atoms with Gasteiger partial charge < -0.3 is 19.6 Å². The van der Waals surface area contributed by atoms with Crippen molar-refractivity contribution in [3.05, 3.63) is 23.7 Å². The Labute approximate surface area is 117 Å². The summed E-state index contributed by atoms with van der Waals surface area (Å²) in [5.41, 5.74) is 0.399. The number of hydrogen-bond donors (Lipinski definition) is 2. The van der Waals surface area contributed by atoms with Gasteiger partial charge in [-0.2, -0.15) is 0 Å². The largest absolute Gasteiger partial charge is 0.480 e. The van der Waals surface area contributed by atoms with Crippen molar-refractivity contribution in [2.45, 2.75) is 32.2 Å². The fraction of sp³-hybridized carbons (Fsp3) is 0.571. The number of aryl methyl sites for hydroxylation is 1. The molecule has 2 heterocycles. The van der Waals surface area contributed by atoms with Crippen LogP contribution in [0.1, 0.15) is 35.9 Å². The molecule has 1 amide bonds. The summed E-state index contributed by atoms with van der Waals surface area (Å²) in [5, 5.41) is 11.9. The smallest absolute Gasteiger partial charge is 0.326 e. The van der Waals surface area contributed by atoms with Crippen LogP contribution in [0.15, 0.2) is 16.7 Å². The van der Waals surface area contributed by atoms with E-state index in [1.54, 1.807) is 6.07 Å². The minimum absolute atomic E-state index is 0.192. The second-order valence-electron chi connectivity index (χ2n) is 4.88. The molecule has 1 fully saturated rings. The molecule has 2 rings (SSSR count). The Bertz CT molecular complexity index is 476. The highest BCUT2D eigenvalue weighted by Gasteiger charge is 2.32. The summed E-state index contributed by atoms with van der Waals surface area (Å²) in [6.07, 6.45) is 3.58. The van der Waals surface area contributed by atoms with E-state index in [9.17, 15) is 14.7 Å². The van der Waals surface area contributed by atoms with Gasteiger partial charge in [0.05, 0.1) is 18.4 Å². The maximum Gasteiger partial charge on any atom is 0.326 e. The number of amides is 1. The lowest BCUT2D eigenvalue weighted by Gasteiger charge is -2.28. The minimum Gasteiger partial charge on any atom is -0.480 e. The first kappa shape index (κ1) is 14.6. The van der Waals surface area contributed by atoms with Crippen LogP contribution in [0.25, 0.3) is 0 Å². The van der Waals surface area contributed by atoms with E-state index in [2.05, 4.69) is 5.32 Å². The number of ether oxygens (including phenoxy) is 1. The molecular weight excluding hydrogens is 262 g/mol. The highest BCUT2D eigenvalue weighted by molar-refractivity contribution is 5.97. The summed E-state index contributed by atoms with van der Waals surface area (Å²) in [7, 11) is 0. The summed E-state index contributed by atoms with van der Waals surface area (Å²) in [6.45, 7) is 2.89. The molecule has 0 radical (unpaired) electrons. The van der Waals surface area contributed by atoms with Crippen LogP contribution in [0.5, 0.6) is 0 Å². The predicted molar refractivity (Wildman–Crippen MR) is 70.5 cm³/mol. The van der Waals surface area contributed by atoms with Gasteiger partial charge in [-0.1, -0.05) is 6.92 Å². The third kappa shape index (κ3) is 3.19. The van der Waals surface area contributed by atoms with Gasteiger partial charge in [0.25, 0.3) is 5.91 Å². The second kappa shape index (κ2) is 6.56. The standard InChI is InChI=1S/C14H19NO5/c1-2-11-10(5-7-20-11)13(16)15-12(14(17)18)9-4-3-6-19-8-9/h5,7,9,12H,2-4,6,8H2,1H3,(H,15,16)(H,17,18). The number of furan rings is 1. The van der Waals surface area contributed by atoms with E-state index in [4.69, 9.17) is 9.15 Å². The van der Waals surface area contributed by atoms with Gasteiger partial charge >= 0.3 is 5.97 Å². The number of carbonyl (C=O) groups excluding carboxylic acids is 1. The monoisotopic (exact) mass is 281 g/mol. The summed E-state index contributed by atoms with van der Waals surface area (Å²) >= 11 is 0. The number of rotatable bonds is 5. The topological polar surface area (TPSA) is 88.8 Å². The average molecular weight is 281 g/mol. The highest BCUT2D eigenvalue weighted by atomic mass is 16.5. The van der Waals surface area contributed by atoms with Gasteiger partial charge in [-0.3, -0.25) is 4.79 Å². The molecule has 6 nitrogen and oxygen atoms in total. The van der Waals surface area contributed by atoms with Gasteiger partial charge in [0.1, 0.15) is 11.8 Å². The van der Waals surface area contributed by atoms with Crippen molar-refractivity contribution < 1.29 is 23.8 Å². The van der Waals surface area contributed by atoms with E-state index in [0.717, 1.165) is 12.8 Å². The molecular formula is C14H19NO5. The first-order valence-electron chi connectivity index (χ1n) is 6.81. The normalized spacial score (nSPS) is 20.4. The molecule has 1 aliphatic heterocycles. The van der Waals surface area contributed by atoms with E-state index in [0.29, 0.717) is 31.0 Å². The summed E-state index contributed by atoms with van der Waals surface area (Å²) in [5.74, 6) is -1.07. The van der Waals surface area contributed by atoms with Crippen molar-refractivity contribution in [1.29, 1.82) is 0 Å². The zero-order valence-electron chi connectivity index (χ0n) is 11.4. The summed E-state index contributed by atoms with van der Waals surface area (Å²) in [6, 6.07) is 0.632. The number of carboxylic acid groups (broad SMARTS) is 1. The zero-order chi connectivity index (χ0) is 14.5. The van der Waals surface area contributed by atoms with Gasteiger partial charge in [0.15, 0.2) is 0 Å². The zero-order valence-corrected chi connectivity index (χ0v) is 11.4. The van der Waals surface area contributed by atoms with Crippen LogP contribution in [0.2, 0.25) is 0 Å². The Morgan fingerprint density at radius 2 is 2.35 bits per heavy atom. The SMILES string of the molecule is CCc1occc1C(=O)NC(C(=O)O)C1CCCOC1. The quantitative estimate of drug-likeness (QED) is 0.852. The predicted octanol–water partition coefficient (Wildman–Crippen LogP) is 1.45. The molecule has 2 atom stereocenters. The van der Waals surface area contributed by atoms with Crippen molar-refractivity contribution in [3.8, 4) is 0 Å². The number of hydrogen-bond acceptors (Lipinski definition) is 4. The van der Waals surface area contributed by atoms with Crippen LogP contribution in [0.4, 0.5) is 0 Å². The maximum absolute atomic E-state index is 12.2. The van der Waals surface area contributed by atoms with Crippen LogP contribution >= 0.6 is 0 Å². The number of carboxylic acids is 1. The minimum atomic E-state index is -1.03. The molecule has 0 spiro atoms. The maximum atomic E-state index is 12.2. The molecule has 0 aliphatic carbocycles. The van der Waals surface area contributed by atoms with Gasteiger partial charge in [0, 0.05) is 18.9 Å². The Kier molecular flexibility index (Phi) is 4.79. The lowest BCUT2D eigenvalue weighted by Crippen LogP contribution is -2.48. The Hall–Kier alpha value is -1.82. The number of nitrogens with one attached hydrogen (secondary N) is 1. The first-order valence-corrected chi connectivity index (χ1v) is 6.81. The molecule has 0 bridgehead atoms. The molecule has 1 aromatic heterocycles. The highest BCUT2D eigenvalue weighted by Crippen LogP contribution is 2.19. The fourth-order valence-electron chi connectivity index (χ4n) is 2.45. The third-order valence-corrected chi connectivity index (χ3v) is 3.53. The number of carbonyl (C=O) groups is 2. The molecule has 1 aromatic rings. The Morgan fingerprint density at radius 3 is 2.95 bits per heavy atom. The average Bonchev–Trinajstić information content (AvgIpc) is 2.93. The summed E-state index contributed by atoms with van der Waals surface area (Å²) < 4.78 is 10.5. The van der Waals surface area contributed by atoms with Crippen LogP contribution in [-0.4, -0.2) is 36.2 Å². The Morgan fingerprint density at radius 1 is 1.55 bits per heavy atom. The van der Waals surface area contributed by atoms with Crippen LogP contribution in [-0.2, 0) is 16.0 Å². The van der Waals surface area contributed by atoms with E-state index in [-0.39, 0.29) is 5.92 Å². The van der Waals surface area contributed by atoms with Gasteiger partial charge in [0.2, 0.25) is 0 Å². The van der Waals surface area contributed by atoms with E-state index in [1.165, 1.54) is 6.26 Å². The molecule has 110 valence electrons. The molecule has 2 N–H and O–H groups in total. The fourth-order valence-corrected chi connectivity index (χ4v) is 2.45. The first-order chi connectivity index (χ1) is 9.63. The molecule has 20 heavy (non-hydrogen) atoms. The van der Waals surface area contributed by atoms with Crippen molar-refractivity contribution >= 4 is 11.9 Å². The molecule has 0 saturated carbocycles. The molecule has 2 unspecified atom stereocenters. The van der Waals surface area contributed by atoms with Crippen LogP contribution in [0, 0.1) is 5.92 Å². The molecule has 1 aliphatic rings. The van der Waals surface area contributed by atoms with Crippen molar-refractivity contribution in [1.82, 2.24) is 5.32 Å². The van der Waals surface area contributed by atoms with Crippen molar-refractivity contribution in [3.63, 3.8) is 0 Å². The molecule has 0 aromatic carbocycles. The summed E-state index contributed by atoms with van der Waals surface area (Å²) in [4.78, 5) is 23.5. The van der Waals surface area contributed by atoms with Crippen LogP contribution in [0.3, 0.4) is 0 Å². The van der Waals surface area contributed by atoms with Gasteiger partial charge in [-0.25, -0.2) is 4.79 Å². The third-order valence-electron chi connectivity index (χ3n) is 3.53. The van der Waals surface area contributed by atoms with Crippen molar-refractivity contribution in [2.75, 3.05) is 13.2 Å². The van der Waals surface area contributed by atoms with Gasteiger partial charge in [-0.15, -0.1) is 0 Å². The van der Waals surface area contributed by atoms with E-state index in [1.807, 2.05) is 6.92 Å². The lowest BCUT2D eigenvalue weighted by molar-refractivity contribution is -0.142. The molecule has 1 saturated heterocycles. The number of aliphatic carboxylic acids is 1. The molecule has 6 heteroatoms. The van der Waals surface area contributed by atoms with Gasteiger partial charge in [-0.05, 0) is 18.9 Å². The van der Waals surface area contributed by atoms with Crippen molar-refractivity contribution in [2.24, 2.45) is 5.92 Å². The lowest BCUT2D eigenvalue weighted by atomic mass is 9.93.